The van der Waals surface area contributed by atoms with Crippen LogP contribution in [-0.4, -0.2) is 19.9 Å². The molecule has 0 unspecified atom stereocenters. The van der Waals surface area contributed by atoms with Gasteiger partial charge in [0.25, 0.3) is 0 Å². The Kier molecular flexibility index (Phi) is 4.28. The van der Waals surface area contributed by atoms with E-state index in [1.165, 1.54) is 11.8 Å². The Balaban J connectivity index is 2.41. The van der Waals surface area contributed by atoms with Gasteiger partial charge in [-0.3, -0.25) is 4.98 Å². The standard InChI is InChI=1S/C12H16N6S/c1-7(2)10-16-11(18-13)8(3)12(17-10)19-9-6-14-4-5-15-9/h4-7H,13H2,1-3H3,(H,16,17,18). The van der Waals surface area contributed by atoms with E-state index in [-0.39, 0.29) is 5.92 Å². The lowest BCUT2D eigenvalue weighted by molar-refractivity contribution is 0.748. The molecule has 6 nitrogen and oxygen atoms in total. The molecule has 0 atom stereocenters. The number of nitrogens with zero attached hydrogens (tertiary/aromatic N) is 4. The van der Waals surface area contributed by atoms with E-state index in [9.17, 15) is 0 Å². The van der Waals surface area contributed by atoms with Gasteiger partial charge in [-0.15, -0.1) is 0 Å². The van der Waals surface area contributed by atoms with Crippen molar-refractivity contribution in [3.63, 3.8) is 0 Å². The highest BCUT2D eigenvalue weighted by atomic mass is 32.2. The first-order valence-corrected chi connectivity index (χ1v) is 6.72. The molecule has 2 aromatic rings. The number of rotatable bonds is 4. The van der Waals surface area contributed by atoms with E-state index in [0.717, 1.165) is 21.4 Å². The summed E-state index contributed by atoms with van der Waals surface area (Å²) in [5.41, 5.74) is 3.52. The molecular formula is C12H16N6S. The average Bonchev–Trinajstić information content (AvgIpc) is 2.42. The maximum Gasteiger partial charge on any atom is 0.147 e. The quantitative estimate of drug-likeness (QED) is 0.502. The summed E-state index contributed by atoms with van der Waals surface area (Å²) < 4.78 is 0. The molecule has 7 heteroatoms. The molecule has 3 N–H and O–H groups in total. The molecule has 0 aliphatic carbocycles. The fourth-order valence-electron chi connectivity index (χ4n) is 1.45. The normalized spacial score (nSPS) is 10.8. The molecular weight excluding hydrogens is 260 g/mol. The van der Waals surface area contributed by atoms with Crippen LogP contribution in [0.3, 0.4) is 0 Å². The molecule has 2 aromatic heterocycles. The van der Waals surface area contributed by atoms with Gasteiger partial charge in [-0.1, -0.05) is 13.8 Å². The van der Waals surface area contributed by atoms with Crippen molar-refractivity contribution >= 4 is 17.6 Å². The lowest BCUT2D eigenvalue weighted by Crippen LogP contribution is -2.13. The monoisotopic (exact) mass is 276 g/mol. The van der Waals surface area contributed by atoms with E-state index < -0.39 is 0 Å². The zero-order chi connectivity index (χ0) is 13.8. The molecule has 100 valence electrons. The smallest absolute Gasteiger partial charge is 0.147 e. The molecule has 0 radical (unpaired) electrons. The minimum absolute atomic E-state index is 0.230. The number of nitrogens with one attached hydrogen (secondary N) is 1. The van der Waals surface area contributed by atoms with Crippen molar-refractivity contribution < 1.29 is 0 Å². The van der Waals surface area contributed by atoms with Crippen LogP contribution >= 0.6 is 11.8 Å². The van der Waals surface area contributed by atoms with Gasteiger partial charge in [-0.05, 0) is 18.7 Å². The highest BCUT2D eigenvalue weighted by Gasteiger charge is 2.14. The van der Waals surface area contributed by atoms with Gasteiger partial charge in [-0.25, -0.2) is 20.8 Å². The number of hydrogen-bond donors (Lipinski definition) is 2. The van der Waals surface area contributed by atoms with Gasteiger partial charge in [0.1, 0.15) is 21.7 Å². The van der Waals surface area contributed by atoms with Crippen molar-refractivity contribution in [2.45, 2.75) is 36.7 Å². The van der Waals surface area contributed by atoms with E-state index in [0.29, 0.717) is 5.82 Å². The van der Waals surface area contributed by atoms with Crippen molar-refractivity contribution in [1.82, 2.24) is 19.9 Å². The molecule has 0 spiro atoms. The Morgan fingerprint density at radius 1 is 1.26 bits per heavy atom. The van der Waals surface area contributed by atoms with Crippen LogP contribution < -0.4 is 11.3 Å². The Bertz CT molecular complexity index is 558. The Morgan fingerprint density at radius 2 is 2.05 bits per heavy atom. The van der Waals surface area contributed by atoms with Gasteiger partial charge in [-0.2, -0.15) is 0 Å². The van der Waals surface area contributed by atoms with Crippen molar-refractivity contribution in [1.29, 1.82) is 0 Å². The molecule has 0 aromatic carbocycles. The van der Waals surface area contributed by atoms with Crippen molar-refractivity contribution in [3.05, 3.63) is 30.0 Å². The summed E-state index contributed by atoms with van der Waals surface area (Å²) in [6.45, 7) is 6.02. The van der Waals surface area contributed by atoms with Crippen LogP contribution in [0, 0.1) is 6.92 Å². The minimum atomic E-state index is 0.230. The molecule has 0 amide bonds. The minimum Gasteiger partial charge on any atom is -0.308 e. The summed E-state index contributed by atoms with van der Waals surface area (Å²) in [6.07, 6.45) is 5.00. The molecule has 0 fully saturated rings. The van der Waals surface area contributed by atoms with Crippen LogP contribution in [0.4, 0.5) is 5.82 Å². The van der Waals surface area contributed by atoms with Gasteiger partial charge >= 0.3 is 0 Å². The van der Waals surface area contributed by atoms with Crippen molar-refractivity contribution in [2.75, 3.05) is 5.43 Å². The van der Waals surface area contributed by atoms with Crippen LogP contribution in [0.2, 0.25) is 0 Å². The highest BCUT2D eigenvalue weighted by Crippen LogP contribution is 2.30. The van der Waals surface area contributed by atoms with Crippen molar-refractivity contribution in [3.8, 4) is 0 Å². The third-order valence-corrected chi connectivity index (χ3v) is 3.52. The van der Waals surface area contributed by atoms with E-state index in [1.807, 2.05) is 20.8 Å². The largest absolute Gasteiger partial charge is 0.308 e. The summed E-state index contributed by atoms with van der Waals surface area (Å²) in [4.78, 5) is 17.2. The number of nitrogen functional groups attached to an aromatic ring is 1. The fraction of sp³-hybridized carbons (Fsp3) is 0.333. The van der Waals surface area contributed by atoms with Crippen molar-refractivity contribution in [2.24, 2.45) is 5.84 Å². The second-order valence-electron chi connectivity index (χ2n) is 4.31. The second kappa shape index (κ2) is 5.94. The number of hydrogen-bond acceptors (Lipinski definition) is 7. The van der Waals surface area contributed by atoms with E-state index in [2.05, 4.69) is 25.4 Å². The molecule has 0 aliphatic heterocycles. The summed E-state index contributed by atoms with van der Waals surface area (Å²) >= 11 is 1.46. The maximum absolute atomic E-state index is 5.50. The fourth-order valence-corrected chi connectivity index (χ4v) is 2.26. The van der Waals surface area contributed by atoms with Crippen LogP contribution in [0.1, 0.15) is 31.2 Å². The molecule has 0 aliphatic rings. The molecule has 0 saturated carbocycles. The topological polar surface area (TPSA) is 89.6 Å². The van der Waals surface area contributed by atoms with Gasteiger partial charge in [0, 0.05) is 23.9 Å². The van der Waals surface area contributed by atoms with Crippen LogP contribution in [0.5, 0.6) is 0 Å². The Morgan fingerprint density at radius 3 is 2.63 bits per heavy atom. The summed E-state index contributed by atoms with van der Waals surface area (Å²) in [7, 11) is 0. The molecule has 19 heavy (non-hydrogen) atoms. The number of nitrogens with two attached hydrogens (primary N) is 1. The van der Waals surface area contributed by atoms with Gasteiger partial charge in [0.2, 0.25) is 0 Å². The molecule has 2 heterocycles. The van der Waals surface area contributed by atoms with E-state index >= 15 is 0 Å². The zero-order valence-corrected chi connectivity index (χ0v) is 11.9. The lowest BCUT2D eigenvalue weighted by Gasteiger charge is -2.12. The molecule has 2 rings (SSSR count). The van der Waals surface area contributed by atoms with Crippen LogP contribution in [0.25, 0.3) is 0 Å². The van der Waals surface area contributed by atoms with E-state index in [4.69, 9.17) is 5.84 Å². The summed E-state index contributed by atoms with van der Waals surface area (Å²) in [5, 5.41) is 1.63. The lowest BCUT2D eigenvalue weighted by atomic mass is 10.2. The third-order valence-electron chi connectivity index (χ3n) is 2.51. The number of hydrazine groups is 1. The van der Waals surface area contributed by atoms with Crippen LogP contribution in [-0.2, 0) is 0 Å². The number of aromatic nitrogens is 4. The molecule has 0 bridgehead atoms. The van der Waals surface area contributed by atoms with Gasteiger partial charge in [0.05, 0.1) is 6.20 Å². The molecule has 0 saturated heterocycles. The predicted octanol–water partition coefficient (Wildman–Crippen LogP) is 2.14. The Hall–Kier alpha value is -1.73. The van der Waals surface area contributed by atoms with E-state index in [1.54, 1.807) is 18.6 Å². The zero-order valence-electron chi connectivity index (χ0n) is 11.1. The first-order valence-electron chi connectivity index (χ1n) is 5.90. The average molecular weight is 276 g/mol. The first-order chi connectivity index (χ1) is 9.11. The highest BCUT2D eigenvalue weighted by molar-refractivity contribution is 7.99. The van der Waals surface area contributed by atoms with Crippen LogP contribution in [0.15, 0.2) is 28.6 Å². The third kappa shape index (κ3) is 3.18. The summed E-state index contributed by atoms with van der Waals surface area (Å²) in [6, 6.07) is 0. The maximum atomic E-state index is 5.50. The van der Waals surface area contributed by atoms with Gasteiger partial charge < -0.3 is 5.43 Å². The summed E-state index contributed by atoms with van der Waals surface area (Å²) in [5.74, 6) is 7.13. The SMILES string of the molecule is Cc1c(NN)nc(C(C)C)nc1Sc1cnccn1. The Labute approximate surface area is 116 Å². The predicted molar refractivity (Wildman–Crippen MR) is 74.8 cm³/mol. The van der Waals surface area contributed by atoms with Gasteiger partial charge in [0.15, 0.2) is 0 Å². The number of anilines is 1. The second-order valence-corrected chi connectivity index (χ2v) is 5.31. The first kappa shape index (κ1) is 13.7.